The number of urea groups is 1. The van der Waals surface area contributed by atoms with Crippen LogP contribution in [0.4, 0.5) is 4.79 Å². The lowest BCUT2D eigenvalue weighted by molar-refractivity contribution is -0.142. The molecule has 2 atom stereocenters. The van der Waals surface area contributed by atoms with Gasteiger partial charge in [0.1, 0.15) is 11.8 Å². The van der Waals surface area contributed by atoms with Crippen LogP contribution in [0.1, 0.15) is 19.1 Å². The van der Waals surface area contributed by atoms with Crippen molar-refractivity contribution in [3.63, 3.8) is 0 Å². The smallest absolute Gasteiger partial charge is 0.326 e. The Morgan fingerprint density at radius 2 is 2.37 bits per heavy atom. The number of hydrogen-bond donors (Lipinski definition) is 2. The predicted molar refractivity (Wildman–Crippen MR) is 67.7 cm³/mol. The molecule has 0 spiro atoms. The molecule has 0 aliphatic carbocycles. The van der Waals surface area contributed by atoms with Crippen LogP contribution in [-0.2, 0) is 11.2 Å². The molecule has 6 nitrogen and oxygen atoms in total. The second-order valence-electron chi connectivity index (χ2n) is 4.80. The normalized spacial score (nSPS) is 22.5. The van der Waals surface area contributed by atoms with Crippen molar-refractivity contribution in [2.24, 2.45) is 5.92 Å². The first-order valence-corrected chi connectivity index (χ1v) is 6.39. The van der Waals surface area contributed by atoms with Gasteiger partial charge in [-0.1, -0.05) is 6.92 Å². The molecular weight excluding hydrogens is 248 g/mol. The number of rotatable bonds is 4. The molecule has 0 radical (unpaired) electrons. The number of aliphatic carboxylic acids is 1. The third kappa shape index (κ3) is 3.07. The molecule has 0 aromatic carbocycles. The Hall–Kier alpha value is -1.98. The van der Waals surface area contributed by atoms with Crippen molar-refractivity contribution < 1.29 is 19.1 Å². The first-order chi connectivity index (χ1) is 9.09. The van der Waals surface area contributed by atoms with Gasteiger partial charge in [-0.3, -0.25) is 0 Å². The van der Waals surface area contributed by atoms with Gasteiger partial charge in [-0.25, -0.2) is 9.59 Å². The summed E-state index contributed by atoms with van der Waals surface area (Å²) in [5, 5.41) is 11.9. The lowest BCUT2D eigenvalue weighted by atomic mass is 10.0. The third-order valence-corrected chi connectivity index (χ3v) is 3.44. The van der Waals surface area contributed by atoms with E-state index in [1.54, 1.807) is 12.3 Å². The molecule has 19 heavy (non-hydrogen) atoms. The number of carbonyl (C=O) groups is 2. The van der Waals surface area contributed by atoms with Crippen LogP contribution in [0.15, 0.2) is 22.8 Å². The summed E-state index contributed by atoms with van der Waals surface area (Å²) in [5.74, 6) is -0.149. The molecule has 2 rings (SSSR count). The van der Waals surface area contributed by atoms with E-state index in [-0.39, 0.29) is 11.9 Å². The SMILES string of the molecule is CC1CCN(C(=O)NCCc2ccco2)C1C(=O)O. The number of likely N-dealkylation sites (tertiary alicyclic amines) is 1. The average molecular weight is 266 g/mol. The summed E-state index contributed by atoms with van der Waals surface area (Å²) in [6.07, 6.45) is 2.90. The zero-order valence-corrected chi connectivity index (χ0v) is 10.8. The molecule has 2 amide bonds. The highest BCUT2D eigenvalue weighted by molar-refractivity contribution is 5.83. The molecule has 6 heteroatoms. The second kappa shape index (κ2) is 5.77. The van der Waals surface area contributed by atoms with Gasteiger partial charge in [-0.05, 0) is 24.5 Å². The van der Waals surface area contributed by atoms with Gasteiger partial charge < -0.3 is 19.7 Å². The van der Waals surface area contributed by atoms with E-state index in [2.05, 4.69) is 5.32 Å². The van der Waals surface area contributed by atoms with Gasteiger partial charge in [0, 0.05) is 19.5 Å². The summed E-state index contributed by atoms with van der Waals surface area (Å²) in [6.45, 7) is 2.78. The molecule has 1 fully saturated rings. The molecule has 1 aliphatic rings. The Morgan fingerprint density at radius 3 is 3.00 bits per heavy atom. The molecule has 1 aromatic rings. The van der Waals surface area contributed by atoms with Gasteiger partial charge in [0.25, 0.3) is 0 Å². The second-order valence-corrected chi connectivity index (χ2v) is 4.80. The highest BCUT2D eigenvalue weighted by atomic mass is 16.4. The first-order valence-electron chi connectivity index (χ1n) is 6.39. The molecule has 1 aromatic heterocycles. The maximum absolute atomic E-state index is 12.0. The topological polar surface area (TPSA) is 82.8 Å². The van der Waals surface area contributed by atoms with Gasteiger partial charge in [-0.2, -0.15) is 0 Å². The summed E-state index contributed by atoms with van der Waals surface area (Å²) >= 11 is 0. The van der Waals surface area contributed by atoms with E-state index in [1.165, 1.54) is 4.90 Å². The van der Waals surface area contributed by atoms with Crippen LogP contribution in [0.5, 0.6) is 0 Å². The quantitative estimate of drug-likeness (QED) is 0.861. The fourth-order valence-electron chi connectivity index (χ4n) is 2.40. The largest absolute Gasteiger partial charge is 0.480 e. The Bertz CT molecular complexity index is 444. The number of carbonyl (C=O) groups excluding carboxylic acids is 1. The minimum atomic E-state index is -0.939. The monoisotopic (exact) mass is 266 g/mol. The van der Waals surface area contributed by atoms with Crippen LogP contribution in [0.2, 0.25) is 0 Å². The molecule has 1 aliphatic heterocycles. The van der Waals surface area contributed by atoms with E-state index in [4.69, 9.17) is 9.52 Å². The van der Waals surface area contributed by atoms with Crippen molar-refractivity contribution >= 4 is 12.0 Å². The van der Waals surface area contributed by atoms with Crippen LogP contribution in [0.3, 0.4) is 0 Å². The Kier molecular flexibility index (Phi) is 4.09. The molecule has 0 saturated carbocycles. The van der Waals surface area contributed by atoms with Crippen molar-refractivity contribution in [3.05, 3.63) is 24.2 Å². The molecule has 104 valence electrons. The summed E-state index contributed by atoms with van der Waals surface area (Å²) in [4.78, 5) is 24.5. The van der Waals surface area contributed by atoms with E-state index in [0.29, 0.717) is 19.5 Å². The fraction of sp³-hybridized carbons (Fsp3) is 0.538. The van der Waals surface area contributed by atoms with E-state index in [1.807, 2.05) is 13.0 Å². The van der Waals surface area contributed by atoms with Crippen LogP contribution in [0.25, 0.3) is 0 Å². The number of nitrogens with zero attached hydrogens (tertiary/aromatic N) is 1. The van der Waals surface area contributed by atoms with Crippen molar-refractivity contribution in [1.82, 2.24) is 10.2 Å². The Labute approximate surface area is 111 Å². The maximum Gasteiger partial charge on any atom is 0.326 e. The van der Waals surface area contributed by atoms with Crippen molar-refractivity contribution in [3.8, 4) is 0 Å². The average Bonchev–Trinajstić information content (AvgIpc) is 2.97. The summed E-state index contributed by atoms with van der Waals surface area (Å²) < 4.78 is 5.16. The van der Waals surface area contributed by atoms with Crippen molar-refractivity contribution in [1.29, 1.82) is 0 Å². The molecular formula is C13H18N2O4. The zero-order valence-electron chi connectivity index (χ0n) is 10.8. The number of carboxylic acid groups (broad SMARTS) is 1. The highest BCUT2D eigenvalue weighted by Gasteiger charge is 2.39. The van der Waals surface area contributed by atoms with E-state index >= 15 is 0 Å². The lowest BCUT2D eigenvalue weighted by Gasteiger charge is -2.23. The molecule has 2 N–H and O–H groups in total. The summed E-state index contributed by atoms with van der Waals surface area (Å²) in [5.41, 5.74) is 0. The van der Waals surface area contributed by atoms with Crippen LogP contribution >= 0.6 is 0 Å². The standard InChI is InChI=1S/C13H18N2O4/c1-9-5-7-15(11(9)12(16)17)13(18)14-6-4-10-3-2-8-19-10/h2-3,8-9,11H,4-7H2,1H3,(H,14,18)(H,16,17). The van der Waals surface area contributed by atoms with Crippen LogP contribution in [0, 0.1) is 5.92 Å². The molecule has 2 unspecified atom stereocenters. The van der Waals surface area contributed by atoms with Gasteiger partial charge in [0.2, 0.25) is 0 Å². The Morgan fingerprint density at radius 1 is 1.58 bits per heavy atom. The minimum Gasteiger partial charge on any atom is -0.480 e. The number of nitrogens with one attached hydrogen (secondary N) is 1. The first kappa shape index (κ1) is 13.5. The molecule has 2 heterocycles. The molecule has 0 bridgehead atoms. The lowest BCUT2D eigenvalue weighted by Crippen LogP contribution is -2.47. The van der Waals surface area contributed by atoms with E-state index in [9.17, 15) is 9.59 Å². The zero-order chi connectivity index (χ0) is 13.8. The minimum absolute atomic E-state index is 0.00618. The predicted octanol–water partition coefficient (Wildman–Crippen LogP) is 1.33. The van der Waals surface area contributed by atoms with Crippen molar-refractivity contribution in [2.45, 2.75) is 25.8 Å². The number of furan rings is 1. The van der Waals surface area contributed by atoms with Crippen LogP contribution < -0.4 is 5.32 Å². The van der Waals surface area contributed by atoms with Gasteiger partial charge in [-0.15, -0.1) is 0 Å². The number of carboxylic acids is 1. The van der Waals surface area contributed by atoms with Gasteiger partial charge >= 0.3 is 12.0 Å². The Balaban J connectivity index is 1.84. The van der Waals surface area contributed by atoms with E-state index < -0.39 is 12.0 Å². The number of amides is 2. The van der Waals surface area contributed by atoms with Crippen LogP contribution in [-0.4, -0.2) is 41.1 Å². The van der Waals surface area contributed by atoms with Crippen molar-refractivity contribution in [2.75, 3.05) is 13.1 Å². The van der Waals surface area contributed by atoms with Gasteiger partial charge in [0.05, 0.1) is 6.26 Å². The maximum atomic E-state index is 12.0. The summed E-state index contributed by atoms with van der Waals surface area (Å²) in [6, 6.07) is 2.59. The van der Waals surface area contributed by atoms with Gasteiger partial charge in [0.15, 0.2) is 0 Å². The number of hydrogen-bond acceptors (Lipinski definition) is 3. The highest BCUT2D eigenvalue weighted by Crippen LogP contribution is 2.23. The fourth-order valence-corrected chi connectivity index (χ4v) is 2.40. The summed E-state index contributed by atoms with van der Waals surface area (Å²) in [7, 11) is 0. The molecule has 1 saturated heterocycles. The third-order valence-electron chi connectivity index (χ3n) is 3.44. The van der Waals surface area contributed by atoms with E-state index in [0.717, 1.165) is 12.2 Å².